The lowest BCUT2D eigenvalue weighted by Gasteiger charge is -2.25. The summed E-state index contributed by atoms with van der Waals surface area (Å²) in [7, 11) is 0. The van der Waals surface area contributed by atoms with Crippen LogP contribution in [0.2, 0.25) is 0 Å². The van der Waals surface area contributed by atoms with Crippen LogP contribution in [0.25, 0.3) is 0 Å². The van der Waals surface area contributed by atoms with E-state index in [9.17, 15) is 0 Å². The molecule has 1 aromatic heterocycles. The van der Waals surface area contributed by atoms with Crippen molar-refractivity contribution < 1.29 is 4.52 Å². The highest BCUT2D eigenvalue weighted by Gasteiger charge is 2.14. The van der Waals surface area contributed by atoms with Crippen LogP contribution in [0.5, 0.6) is 0 Å². The quantitative estimate of drug-likeness (QED) is 0.746. The molecule has 0 aliphatic rings. The number of hydrogen-bond acceptors (Lipinski definition) is 4. The maximum atomic E-state index is 5.15. The molecule has 0 N–H and O–H groups in total. The molecule has 0 saturated heterocycles. The minimum atomic E-state index is 0.506. The summed E-state index contributed by atoms with van der Waals surface area (Å²) in [6, 6.07) is 0.506. The summed E-state index contributed by atoms with van der Waals surface area (Å²) in [5.74, 6) is 2.16. The predicted octanol–water partition coefficient (Wildman–Crippen LogP) is 2.63. The Balaban J connectivity index is 2.51. The average molecular weight is 225 g/mol. The molecule has 1 rings (SSSR count). The van der Waals surface area contributed by atoms with E-state index < -0.39 is 0 Å². The van der Waals surface area contributed by atoms with Crippen LogP contribution in [0.4, 0.5) is 0 Å². The van der Waals surface area contributed by atoms with Gasteiger partial charge in [0.15, 0.2) is 5.82 Å². The highest BCUT2D eigenvalue weighted by molar-refractivity contribution is 4.83. The Morgan fingerprint density at radius 1 is 1.25 bits per heavy atom. The second kappa shape index (κ2) is 5.99. The van der Waals surface area contributed by atoms with Gasteiger partial charge in [-0.2, -0.15) is 4.98 Å². The SMILES string of the molecule is Cc1noc(CN(CCC(C)C)C(C)C)n1. The molecule has 0 aliphatic carbocycles. The number of hydrogen-bond donors (Lipinski definition) is 0. The summed E-state index contributed by atoms with van der Waals surface area (Å²) < 4.78 is 5.15. The lowest BCUT2D eigenvalue weighted by Crippen LogP contribution is -2.32. The average Bonchev–Trinajstić information content (AvgIpc) is 2.57. The normalized spacial score (nSPS) is 12.0. The fraction of sp³-hybridized carbons (Fsp3) is 0.833. The monoisotopic (exact) mass is 225 g/mol. The van der Waals surface area contributed by atoms with Gasteiger partial charge in [-0.25, -0.2) is 0 Å². The molecule has 4 nitrogen and oxygen atoms in total. The zero-order valence-corrected chi connectivity index (χ0v) is 11.0. The van der Waals surface area contributed by atoms with Gasteiger partial charge in [0.1, 0.15) is 0 Å². The summed E-state index contributed by atoms with van der Waals surface area (Å²) in [6.07, 6.45) is 1.20. The standard InChI is InChI=1S/C12H23N3O/c1-9(2)6-7-15(10(3)4)8-12-13-11(5)14-16-12/h9-10H,6-8H2,1-5H3. The van der Waals surface area contributed by atoms with Gasteiger partial charge in [-0.1, -0.05) is 19.0 Å². The van der Waals surface area contributed by atoms with Gasteiger partial charge in [0, 0.05) is 6.04 Å². The van der Waals surface area contributed by atoms with Crippen LogP contribution >= 0.6 is 0 Å². The van der Waals surface area contributed by atoms with Gasteiger partial charge >= 0.3 is 0 Å². The van der Waals surface area contributed by atoms with E-state index in [2.05, 4.69) is 42.7 Å². The summed E-state index contributed by atoms with van der Waals surface area (Å²) in [5, 5.41) is 3.81. The zero-order valence-electron chi connectivity index (χ0n) is 11.0. The molecule has 0 bridgehead atoms. The van der Waals surface area contributed by atoms with Crippen molar-refractivity contribution in [1.29, 1.82) is 0 Å². The van der Waals surface area contributed by atoms with Gasteiger partial charge in [-0.15, -0.1) is 0 Å². The Kier molecular flexibility index (Phi) is 4.93. The lowest BCUT2D eigenvalue weighted by molar-refractivity contribution is 0.176. The van der Waals surface area contributed by atoms with Crippen molar-refractivity contribution in [3.05, 3.63) is 11.7 Å². The minimum absolute atomic E-state index is 0.506. The van der Waals surface area contributed by atoms with Crippen LogP contribution < -0.4 is 0 Å². The highest BCUT2D eigenvalue weighted by Crippen LogP contribution is 2.10. The zero-order chi connectivity index (χ0) is 12.1. The number of nitrogens with zero attached hydrogens (tertiary/aromatic N) is 3. The van der Waals surface area contributed by atoms with Crippen LogP contribution in [0.1, 0.15) is 45.8 Å². The van der Waals surface area contributed by atoms with Crippen molar-refractivity contribution in [3.63, 3.8) is 0 Å². The molecule has 0 saturated carbocycles. The van der Waals surface area contributed by atoms with Crippen molar-refractivity contribution in [3.8, 4) is 0 Å². The molecule has 0 amide bonds. The van der Waals surface area contributed by atoms with Crippen molar-refractivity contribution in [2.45, 2.75) is 53.6 Å². The predicted molar refractivity (Wildman–Crippen MR) is 64.0 cm³/mol. The van der Waals surface area contributed by atoms with Crippen molar-refractivity contribution in [2.24, 2.45) is 5.92 Å². The molecule has 0 aromatic carbocycles. The molecule has 0 spiro atoms. The molecular formula is C12H23N3O. The van der Waals surface area contributed by atoms with E-state index in [0.29, 0.717) is 11.9 Å². The Bertz CT molecular complexity index is 307. The summed E-state index contributed by atoms with van der Waals surface area (Å²) in [6.45, 7) is 12.6. The van der Waals surface area contributed by atoms with Crippen molar-refractivity contribution >= 4 is 0 Å². The van der Waals surface area contributed by atoms with E-state index in [4.69, 9.17) is 4.52 Å². The molecule has 0 atom stereocenters. The van der Waals surface area contributed by atoms with Gasteiger partial charge in [-0.3, -0.25) is 4.90 Å². The van der Waals surface area contributed by atoms with Gasteiger partial charge in [0.2, 0.25) is 5.89 Å². The third-order valence-electron chi connectivity index (χ3n) is 2.63. The molecule has 1 aromatic rings. The molecule has 0 radical (unpaired) electrons. The third-order valence-corrected chi connectivity index (χ3v) is 2.63. The van der Waals surface area contributed by atoms with Gasteiger partial charge in [0.25, 0.3) is 0 Å². The number of aromatic nitrogens is 2. The first-order chi connectivity index (χ1) is 7.49. The number of aryl methyl sites for hydroxylation is 1. The molecule has 0 aliphatic heterocycles. The van der Waals surface area contributed by atoms with Crippen molar-refractivity contribution in [2.75, 3.05) is 6.54 Å². The van der Waals surface area contributed by atoms with Gasteiger partial charge in [-0.05, 0) is 39.7 Å². The summed E-state index contributed by atoms with van der Waals surface area (Å²) in [4.78, 5) is 6.61. The van der Waals surface area contributed by atoms with Crippen LogP contribution in [0, 0.1) is 12.8 Å². The second-order valence-electron chi connectivity index (χ2n) is 4.98. The molecular weight excluding hydrogens is 202 g/mol. The largest absolute Gasteiger partial charge is 0.338 e. The van der Waals surface area contributed by atoms with Crippen LogP contribution in [0.15, 0.2) is 4.52 Å². The van der Waals surface area contributed by atoms with Gasteiger partial charge < -0.3 is 4.52 Å². The van der Waals surface area contributed by atoms with E-state index >= 15 is 0 Å². The molecule has 1 heterocycles. The molecule has 0 unspecified atom stereocenters. The first-order valence-corrected chi connectivity index (χ1v) is 6.02. The Labute approximate surface area is 98.0 Å². The van der Waals surface area contributed by atoms with E-state index in [1.807, 2.05) is 6.92 Å². The van der Waals surface area contributed by atoms with Crippen molar-refractivity contribution in [1.82, 2.24) is 15.0 Å². The molecule has 92 valence electrons. The Morgan fingerprint density at radius 2 is 1.94 bits per heavy atom. The first-order valence-electron chi connectivity index (χ1n) is 6.02. The first kappa shape index (κ1) is 13.2. The Morgan fingerprint density at radius 3 is 2.38 bits per heavy atom. The second-order valence-corrected chi connectivity index (χ2v) is 4.98. The minimum Gasteiger partial charge on any atom is -0.338 e. The Hall–Kier alpha value is -0.900. The van der Waals surface area contributed by atoms with Crippen LogP contribution in [-0.4, -0.2) is 27.6 Å². The number of rotatable bonds is 6. The van der Waals surface area contributed by atoms with Crippen LogP contribution in [-0.2, 0) is 6.54 Å². The summed E-state index contributed by atoms with van der Waals surface area (Å²) in [5.41, 5.74) is 0. The molecule has 0 fully saturated rings. The fourth-order valence-corrected chi connectivity index (χ4v) is 1.52. The van der Waals surface area contributed by atoms with Crippen LogP contribution in [0.3, 0.4) is 0 Å². The highest BCUT2D eigenvalue weighted by atomic mass is 16.5. The van der Waals surface area contributed by atoms with E-state index in [1.165, 1.54) is 6.42 Å². The van der Waals surface area contributed by atoms with E-state index in [0.717, 1.165) is 24.9 Å². The topological polar surface area (TPSA) is 42.2 Å². The van der Waals surface area contributed by atoms with E-state index in [1.54, 1.807) is 0 Å². The smallest absolute Gasteiger partial charge is 0.240 e. The summed E-state index contributed by atoms with van der Waals surface area (Å²) >= 11 is 0. The van der Waals surface area contributed by atoms with Gasteiger partial charge in [0.05, 0.1) is 6.54 Å². The van der Waals surface area contributed by atoms with E-state index in [-0.39, 0.29) is 0 Å². The maximum Gasteiger partial charge on any atom is 0.240 e. The maximum absolute atomic E-state index is 5.15. The lowest BCUT2D eigenvalue weighted by atomic mass is 10.1. The molecule has 4 heteroatoms. The molecule has 16 heavy (non-hydrogen) atoms. The third kappa shape index (κ3) is 4.31. The fourth-order valence-electron chi connectivity index (χ4n) is 1.52.